The van der Waals surface area contributed by atoms with Gasteiger partial charge in [0, 0.05) is 25.9 Å². The number of nitrogens with one attached hydrogen (secondary N) is 1. The van der Waals surface area contributed by atoms with Gasteiger partial charge < -0.3 is 4.74 Å². The van der Waals surface area contributed by atoms with E-state index in [0.29, 0.717) is 26.0 Å². The predicted octanol–water partition coefficient (Wildman–Crippen LogP) is 1.43. The van der Waals surface area contributed by atoms with Gasteiger partial charge in [-0.05, 0) is 6.42 Å². The zero-order valence-electron chi connectivity index (χ0n) is 10.1. The molecule has 1 heterocycles. The molecular formula is C11H19FN2O3. The van der Waals surface area contributed by atoms with Crippen LogP contribution in [0.3, 0.4) is 0 Å². The standard InChI is InChI=1S/C11H19FN2O3/c1-2-3-8-17-10(16)13-14-6-4-11(12,9-15)5-7-14/h9H,2-8H2,1H3,(H,13,16). The average Bonchev–Trinajstić information content (AvgIpc) is 2.33. The fraction of sp³-hybridized carbons (Fsp3) is 0.818. The van der Waals surface area contributed by atoms with E-state index in [1.54, 1.807) is 5.01 Å². The quantitative estimate of drug-likeness (QED) is 0.589. The molecule has 0 radical (unpaired) electrons. The van der Waals surface area contributed by atoms with Gasteiger partial charge in [-0.25, -0.2) is 14.2 Å². The van der Waals surface area contributed by atoms with Gasteiger partial charge in [0.05, 0.1) is 6.61 Å². The number of unbranched alkanes of at least 4 members (excludes halogenated alkanes) is 1. The first kappa shape index (κ1) is 13.9. The number of carbonyl (C=O) groups is 2. The highest BCUT2D eigenvalue weighted by Crippen LogP contribution is 2.23. The Balaban J connectivity index is 2.21. The number of hydrogen-bond donors (Lipinski definition) is 1. The molecule has 0 aliphatic carbocycles. The maximum Gasteiger partial charge on any atom is 0.421 e. The van der Waals surface area contributed by atoms with Crippen molar-refractivity contribution in [2.45, 2.75) is 38.3 Å². The van der Waals surface area contributed by atoms with Crippen molar-refractivity contribution in [3.63, 3.8) is 0 Å². The molecule has 0 saturated carbocycles. The highest BCUT2D eigenvalue weighted by molar-refractivity contribution is 5.66. The summed E-state index contributed by atoms with van der Waals surface area (Å²) in [4.78, 5) is 21.8. The van der Waals surface area contributed by atoms with Crippen LogP contribution >= 0.6 is 0 Å². The second-order valence-electron chi connectivity index (χ2n) is 4.24. The number of nitrogens with zero attached hydrogens (tertiary/aromatic N) is 1. The molecule has 1 fully saturated rings. The second kappa shape index (κ2) is 6.54. The molecule has 17 heavy (non-hydrogen) atoms. The zero-order chi connectivity index (χ0) is 12.7. The molecule has 0 atom stereocenters. The Kier molecular flexibility index (Phi) is 5.34. The van der Waals surface area contributed by atoms with Crippen LogP contribution in [0.25, 0.3) is 0 Å². The lowest BCUT2D eigenvalue weighted by Gasteiger charge is -2.32. The minimum atomic E-state index is -1.73. The van der Waals surface area contributed by atoms with Crippen molar-refractivity contribution in [2.24, 2.45) is 0 Å². The molecule has 6 heteroatoms. The van der Waals surface area contributed by atoms with Crippen LogP contribution in [0.1, 0.15) is 32.6 Å². The molecule has 0 unspecified atom stereocenters. The number of ether oxygens (including phenoxy) is 1. The van der Waals surface area contributed by atoms with Crippen molar-refractivity contribution in [3.8, 4) is 0 Å². The van der Waals surface area contributed by atoms with Crippen LogP contribution in [-0.2, 0) is 9.53 Å². The van der Waals surface area contributed by atoms with Crippen molar-refractivity contribution < 1.29 is 18.7 Å². The SMILES string of the molecule is CCCCOC(=O)NN1CCC(F)(C=O)CC1. The van der Waals surface area contributed by atoms with Crippen LogP contribution in [0.15, 0.2) is 0 Å². The zero-order valence-corrected chi connectivity index (χ0v) is 10.1. The maximum atomic E-state index is 13.5. The summed E-state index contributed by atoms with van der Waals surface area (Å²) < 4.78 is 18.4. The number of alkyl halides is 1. The molecule has 5 nitrogen and oxygen atoms in total. The third kappa shape index (κ3) is 4.68. The van der Waals surface area contributed by atoms with Crippen molar-refractivity contribution in [1.29, 1.82) is 0 Å². The van der Waals surface area contributed by atoms with Crippen LogP contribution in [0, 0.1) is 0 Å². The van der Waals surface area contributed by atoms with Gasteiger partial charge >= 0.3 is 6.09 Å². The Morgan fingerprint density at radius 3 is 2.71 bits per heavy atom. The number of carbonyl (C=O) groups excluding carboxylic acids is 2. The fourth-order valence-corrected chi connectivity index (χ4v) is 1.58. The Morgan fingerprint density at radius 2 is 2.18 bits per heavy atom. The van der Waals surface area contributed by atoms with Crippen LogP contribution in [0.2, 0.25) is 0 Å². The van der Waals surface area contributed by atoms with E-state index in [9.17, 15) is 14.0 Å². The lowest BCUT2D eigenvalue weighted by atomic mass is 9.96. The monoisotopic (exact) mass is 246 g/mol. The molecular weight excluding hydrogens is 227 g/mol. The summed E-state index contributed by atoms with van der Waals surface area (Å²) >= 11 is 0. The van der Waals surface area contributed by atoms with Crippen molar-refractivity contribution >= 4 is 12.4 Å². The molecule has 0 bridgehead atoms. The van der Waals surface area contributed by atoms with Crippen LogP contribution in [0.5, 0.6) is 0 Å². The first-order valence-corrected chi connectivity index (χ1v) is 5.93. The Labute approximate surface area is 100 Å². The summed E-state index contributed by atoms with van der Waals surface area (Å²) in [6.07, 6.45) is 1.82. The summed E-state index contributed by atoms with van der Waals surface area (Å²) in [6.45, 7) is 3.03. The van der Waals surface area contributed by atoms with Crippen molar-refractivity contribution in [2.75, 3.05) is 19.7 Å². The van der Waals surface area contributed by atoms with E-state index in [1.807, 2.05) is 6.92 Å². The molecule has 98 valence electrons. The van der Waals surface area contributed by atoms with E-state index in [2.05, 4.69) is 5.43 Å². The highest BCUT2D eigenvalue weighted by atomic mass is 19.1. The number of piperidine rings is 1. The summed E-state index contributed by atoms with van der Waals surface area (Å²) in [5.74, 6) is 0. The summed E-state index contributed by atoms with van der Waals surface area (Å²) in [6, 6.07) is 0. The first-order chi connectivity index (χ1) is 8.09. The van der Waals surface area contributed by atoms with E-state index < -0.39 is 11.8 Å². The lowest BCUT2D eigenvalue weighted by Crippen LogP contribution is -2.50. The molecule has 1 N–H and O–H groups in total. The molecule has 0 aromatic heterocycles. The molecule has 0 aromatic carbocycles. The first-order valence-electron chi connectivity index (χ1n) is 5.93. The summed E-state index contributed by atoms with van der Waals surface area (Å²) in [7, 11) is 0. The number of rotatable bonds is 5. The molecule has 1 rings (SSSR count). The molecule has 1 amide bonds. The lowest BCUT2D eigenvalue weighted by molar-refractivity contribution is -0.121. The van der Waals surface area contributed by atoms with Crippen LogP contribution in [0.4, 0.5) is 9.18 Å². The minimum absolute atomic E-state index is 0.103. The molecule has 1 saturated heterocycles. The van der Waals surface area contributed by atoms with E-state index in [4.69, 9.17) is 4.74 Å². The predicted molar refractivity (Wildman–Crippen MR) is 60.1 cm³/mol. The normalized spacial score (nSPS) is 19.6. The summed E-state index contributed by atoms with van der Waals surface area (Å²) in [5.41, 5.74) is 0.797. The van der Waals surface area contributed by atoms with Gasteiger partial charge in [-0.3, -0.25) is 10.2 Å². The van der Waals surface area contributed by atoms with Gasteiger partial charge in [0.2, 0.25) is 0 Å². The third-order valence-electron chi connectivity index (χ3n) is 2.79. The maximum absolute atomic E-state index is 13.5. The van der Waals surface area contributed by atoms with Gasteiger partial charge in [-0.15, -0.1) is 0 Å². The third-order valence-corrected chi connectivity index (χ3v) is 2.79. The van der Waals surface area contributed by atoms with Gasteiger partial charge in [-0.2, -0.15) is 0 Å². The van der Waals surface area contributed by atoms with E-state index in [1.165, 1.54) is 0 Å². The fourth-order valence-electron chi connectivity index (χ4n) is 1.58. The number of hydrogen-bond acceptors (Lipinski definition) is 4. The molecule has 0 aromatic rings. The Morgan fingerprint density at radius 1 is 1.53 bits per heavy atom. The largest absolute Gasteiger partial charge is 0.449 e. The number of aldehydes is 1. The number of hydrazine groups is 1. The second-order valence-corrected chi connectivity index (χ2v) is 4.24. The van der Waals surface area contributed by atoms with Crippen molar-refractivity contribution in [1.82, 2.24) is 10.4 Å². The van der Waals surface area contributed by atoms with Gasteiger partial charge in [0.1, 0.15) is 0 Å². The Hall–Kier alpha value is -1.17. The number of amides is 1. The minimum Gasteiger partial charge on any atom is -0.449 e. The average molecular weight is 246 g/mol. The smallest absolute Gasteiger partial charge is 0.421 e. The van der Waals surface area contributed by atoms with E-state index >= 15 is 0 Å². The van der Waals surface area contributed by atoms with E-state index in [0.717, 1.165) is 12.8 Å². The van der Waals surface area contributed by atoms with Crippen molar-refractivity contribution in [3.05, 3.63) is 0 Å². The van der Waals surface area contributed by atoms with Crippen LogP contribution in [-0.4, -0.2) is 42.8 Å². The molecule has 0 spiro atoms. The molecule has 1 aliphatic heterocycles. The summed E-state index contributed by atoms with van der Waals surface area (Å²) in [5, 5.41) is 1.58. The molecule has 1 aliphatic rings. The Bertz CT molecular complexity index is 265. The van der Waals surface area contributed by atoms with Gasteiger partial charge in [-0.1, -0.05) is 13.3 Å². The van der Waals surface area contributed by atoms with E-state index in [-0.39, 0.29) is 12.8 Å². The van der Waals surface area contributed by atoms with Crippen LogP contribution < -0.4 is 5.43 Å². The topological polar surface area (TPSA) is 58.6 Å². The van der Waals surface area contributed by atoms with Gasteiger partial charge in [0.15, 0.2) is 12.0 Å². The highest BCUT2D eigenvalue weighted by Gasteiger charge is 2.34. The number of halogens is 1. The van der Waals surface area contributed by atoms with Gasteiger partial charge in [0.25, 0.3) is 0 Å².